The number of nitrogens with zero attached hydrogens (tertiary/aromatic N) is 1. The third-order valence-electron chi connectivity index (χ3n) is 9.00. The molecule has 0 aromatic heterocycles. The van der Waals surface area contributed by atoms with Crippen molar-refractivity contribution in [2.24, 2.45) is 5.92 Å². The molecule has 1 unspecified atom stereocenters. The highest BCUT2D eigenvalue weighted by molar-refractivity contribution is 6.62. The molecule has 12 nitrogen and oxygen atoms in total. The summed E-state index contributed by atoms with van der Waals surface area (Å²) in [6.07, 6.45) is 3.27. The van der Waals surface area contributed by atoms with E-state index in [0.29, 0.717) is 34.9 Å². The Bertz CT molecular complexity index is 1460. The molecule has 224 valence electrons. The van der Waals surface area contributed by atoms with Crippen LogP contribution in [-0.4, -0.2) is 84.5 Å². The van der Waals surface area contributed by atoms with Crippen molar-refractivity contribution in [1.82, 2.24) is 20.9 Å². The van der Waals surface area contributed by atoms with Crippen molar-refractivity contribution in [2.75, 3.05) is 13.6 Å². The van der Waals surface area contributed by atoms with Gasteiger partial charge in [0, 0.05) is 36.8 Å². The van der Waals surface area contributed by atoms with Gasteiger partial charge >= 0.3 is 14.2 Å². The predicted octanol–water partition coefficient (Wildman–Crippen LogP) is -1.44. The molecule has 0 bridgehead atoms. The van der Waals surface area contributed by atoms with Crippen molar-refractivity contribution in [3.8, 4) is 0 Å². The van der Waals surface area contributed by atoms with Gasteiger partial charge in [-0.25, -0.2) is 0 Å². The number of hydrogen-bond donors (Lipinski definition) is 5. The molecule has 3 heterocycles. The van der Waals surface area contributed by atoms with Gasteiger partial charge < -0.3 is 40.2 Å². The van der Waals surface area contributed by atoms with Crippen LogP contribution in [0, 0.1) is 5.92 Å². The number of hydrogen-bond acceptors (Lipinski definition) is 8. The van der Waals surface area contributed by atoms with Crippen molar-refractivity contribution in [1.29, 1.82) is 0 Å². The molecular weight excluding hydrogens is 554 g/mol. The third-order valence-corrected chi connectivity index (χ3v) is 9.00. The molecule has 4 aliphatic rings. The van der Waals surface area contributed by atoms with Crippen LogP contribution >= 0.6 is 0 Å². The van der Waals surface area contributed by atoms with Gasteiger partial charge in [0.05, 0.1) is 19.1 Å². The summed E-state index contributed by atoms with van der Waals surface area (Å²) in [7, 11) is -0.643. The first-order chi connectivity index (χ1) is 20.7. The fraction of sp³-hybridized carbons (Fsp3) is 0.448. The SMILES string of the molecule is CNC(=O)C1CCCC[C@@H]1NC(=O)[C@@H]1C[C@@H](NC(=O)c2ccc3c(c2)B(O)OC3)CN1C(=O)c1ccc2c(c1)B(O)OC2. The Labute approximate surface area is 249 Å². The molecule has 4 amide bonds. The van der Waals surface area contributed by atoms with Crippen LogP contribution < -0.4 is 26.9 Å². The number of amides is 4. The fourth-order valence-electron chi connectivity index (χ4n) is 6.63. The molecule has 2 aromatic rings. The van der Waals surface area contributed by atoms with Gasteiger partial charge in [-0.05, 0) is 65.6 Å². The summed E-state index contributed by atoms with van der Waals surface area (Å²) in [6.45, 7) is 0.592. The summed E-state index contributed by atoms with van der Waals surface area (Å²) in [5, 5.41) is 28.9. The molecule has 5 N–H and O–H groups in total. The number of carbonyl (C=O) groups is 4. The van der Waals surface area contributed by atoms with Crippen LogP contribution in [0.25, 0.3) is 0 Å². The van der Waals surface area contributed by atoms with Crippen LogP contribution in [0.2, 0.25) is 0 Å². The molecule has 14 heteroatoms. The number of fused-ring (bicyclic) bond motifs is 2. The van der Waals surface area contributed by atoms with Crippen molar-refractivity contribution < 1.29 is 38.5 Å². The lowest BCUT2D eigenvalue weighted by atomic mass is 9.78. The summed E-state index contributed by atoms with van der Waals surface area (Å²) < 4.78 is 10.5. The van der Waals surface area contributed by atoms with Gasteiger partial charge in [-0.3, -0.25) is 19.2 Å². The Hall–Kier alpha value is -3.71. The van der Waals surface area contributed by atoms with Crippen molar-refractivity contribution >= 4 is 48.8 Å². The highest BCUT2D eigenvalue weighted by Gasteiger charge is 2.43. The topological polar surface area (TPSA) is 167 Å². The summed E-state index contributed by atoms with van der Waals surface area (Å²) in [4.78, 5) is 54.8. The Morgan fingerprint density at radius 1 is 0.860 bits per heavy atom. The second-order valence-electron chi connectivity index (χ2n) is 11.7. The summed E-state index contributed by atoms with van der Waals surface area (Å²) in [5.74, 6) is -1.68. The van der Waals surface area contributed by atoms with E-state index < -0.39 is 38.1 Å². The summed E-state index contributed by atoms with van der Waals surface area (Å²) in [6, 6.07) is 8.13. The highest BCUT2D eigenvalue weighted by atomic mass is 16.5. The van der Waals surface area contributed by atoms with Crippen LogP contribution in [0.1, 0.15) is 63.9 Å². The Kier molecular flexibility index (Phi) is 8.27. The van der Waals surface area contributed by atoms with Crippen molar-refractivity contribution in [2.45, 2.75) is 63.4 Å². The van der Waals surface area contributed by atoms with Gasteiger partial charge in [0.1, 0.15) is 6.04 Å². The minimum Gasteiger partial charge on any atom is -0.423 e. The Morgan fingerprint density at radius 3 is 2.16 bits per heavy atom. The van der Waals surface area contributed by atoms with E-state index in [-0.39, 0.29) is 50.0 Å². The molecule has 1 saturated heterocycles. The minimum absolute atomic E-state index is 0.0824. The van der Waals surface area contributed by atoms with E-state index in [1.807, 2.05) is 0 Å². The zero-order chi connectivity index (χ0) is 30.2. The van der Waals surface area contributed by atoms with Gasteiger partial charge in [0.2, 0.25) is 11.8 Å². The summed E-state index contributed by atoms with van der Waals surface area (Å²) >= 11 is 0. The fourth-order valence-corrected chi connectivity index (χ4v) is 6.63. The van der Waals surface area contributed by atoms with Crippen LogP contribution in [0.4, 0.5) is 0 Å². The number of rotatable bonds is 6. The van der Waals surface area contributed by atoms with Gasteiger partial charge in [0.25, 0.3) is 11.8 Å². The maximum atomic E-state index is 13.8. The van der Waals surface area contributed by atoms with E-state index >= 15 is 0 Å². The molecular formula is C29H34B2N4O8. The first kappa shape index (κ1) is 29.4. The summed E-state index contributed by atoms with van der Waals surface area (Å²) in [5.41, 5.74) is 3.26. The van der Waals surface area contributed by atoms with E-state index in [1.165, 1.54) is 4.90 Å². The normalized spacial score (nSPS) is 24.4. The van der Waals surface area contributed by atoms with E-state index in [0.717, 1.165) is 24.0 Å². The lowest BCUT2D eigenvalue weighted by Gasteiger charge is -2.33. The highest BCUT2D eigenvalue weighted by Crippen LogP contribution is 2.27. The Balaban J connectivity index is 1.23. The molecule has 6 rings (SSSR count). The van der Waals surface area contributed by atoms with E-state index in [2.05, 4.69) is 16.0 Å². The monoisotopic (exact) mass is 588 g/mol. The number of benzene rings is 2. The zero-order valence-corrected chi connectivity index (χ0v) is 23.9. The number of carbonyl (C=O) groups excluding carboxylic acids is 4. The average molecular weight is 588 g/mol. The minimum atomic E-state index is -1.13. The first-order valence-corrected chi connectivity index (χ1v) is 14.7. The van der Waals surface area contributed by atoms with E-state index in [9.17, 15) is 29.2 Å². The maximum Gasteiger partial charge on any atom is 0.491 e. The smallest absolute Gasteiger partial charge is 0.423 e. The molecule has 0 radical (unpaired) electrons. The van der Waals surface area contributed by atoms with Gasteiger partial charge in [-0.2, -0.15) is 0 Å². The molecule has 1 aliphatic carbocycles. The van der Waals surface area contributed by atoms with Crippen LogP contribution in [-0.2, 0) is 32.1 Å². The third kappa shape index (κ3) is 5.79. The molecule has 2 aromatic carbocycles. The standard InChI is InChI=1S/C29H34B2N4O8/c1-32-27(37)21-4-2-3-5-24(21)34-28(38)25-12-20(33-26(36)16-6-8-18-14-42-30(40)22(18)10-16)13-35(25)29(39)17-7-9-19-15-43-31(41)23(19)11-17/h6-11,20-21,24-25,40-41H,2-5,12-15H2,1H3,(H,32,37)(H,33,36)(H,34,38)/t20-,21?,24+,25+/m1/s1. The second-order valence-corrected chi connectivity index (χ2v) is 11.7. The van der Waals surface area contributed by atoms with Gasteiger partial charge in [0.15, 0.2) is 0 Å². The molecule has 0 spiro atoms. The van der Waals surface area contributed by atoms with E-state index in [1.54, 1.807) is 43.4 Å². The molecule has 43 heavy (non-hydrogen) atoms. The van der Waals surface area contributed by atoms with Crippen LogP contribution in [0.15, 0.2) is 36.4 Å². The van der Waals surface area contributed by atoms with E-state index in [4.69, 9.17) is 9.31 Å². The quantitative estimate of drug-likeness (QED) is 0.256. The van der Waals surface area contributed by atoms with Crippen molar-refractivity contribution in [3.05, 3.63) is 58.7 Å². The van der Waals surface area contributed by atoms with Crippen LogP contribution in [0.5, 0.6) is 0 Å². The molecule has 2 fully saturated rings. The zero-order valence-electron chi connectivity index (χ0n) is 23.9. The second kappa shape index (κ2) is 12.1. The number of nitrogens with one attached hydrogen (secondary N) is 3. The van der Waals surface area contributed by atoms with Gasteiger partial charge in [-0.15, -0.1) is 0 Å². The Morgan fingerprint density at radius 2 is 1.49 bits per heavy atom. The number of likely N-dealkylation sites (tertiary alicyclic amines) is 1. The average Bonchev–Trinajstić information content (AvgIpc) is 3.73. The molecule has 3 aliphatic heterocycles. The maximum absolute atomic E-state index is 13.8. The predicted molar refractivity (Wildman–Crippen MR) is 156 cm³/mol. The van der Waals surface area contributed by atoms with Crippen LogP contribution in [0.3, 0.4) is 0 Å². The lowest BCUT2D eigenvalue weighted by molar-refractivity contribution is -0.129. The first-order valence-electron chi connectivity index (χ1n) is 14.7. The van der Waals surface area contributed by atoms with Crippen molar-refractivity contribution in [3.63, 3.8) is 0 Å². The molecule has 4 atom stereocenters. The largest absolute Gasteiger partial charge is 0.491 e. The molecule has 1 saturated carbocycles. The van der Waals surface area contributed by atoms with Gasteiger partial charge in [-0.1, -0.05) is 25.0 Å². The lowest BCUT2D eigenvalue weighted by Crippen LogP contribution is -2.53.